The highest BCUT2D eigenvalue weighted by Gasteiger charge is 2.11. The fraction of sp³-hybridized carbons (Fsp3) is 0.130. The Bertz CT molecular complexity index is 897. The summed E-state index contributed by atoms with van der Waals surface area (Å²) in [6, 6.07) is 24.5. The number of carbonyl (C=O) groups is 2. The van der Waals surface area contributed by atoms with Crippen molar-refractivity contribution in [3.05, 3.63) is 90.0 Å². The number of esters is 1. The second kappa shape index (κ2) is 8.81. The SMILES string of the molecule is Cc1ccc(OCC(=O)OCC(=O)c2ccc(-c3ccccc3)cc2)cc1. The molecule has 136 valence electrons. The first kappa shape index (κ1) is 18.4. The normalized spacial score (nSPS) is 10.3. The molecule has 0 bridgehead atoms. The fourth-order valence-electron chi connectivity index (χ4n) is 2.53. The maximum atomic E-state index is 12.2. The zero-order valence-corrected chi connectivity index (χ0v) is 15.1. The molecule has 0 aliphatic heterocycles. The molecule has 0 unspecified atom stereocenters. The molecule has 4 heteroatoms. The summed E-state index contributed by atoms with van der Waals surface area (Å²) >= 11 is 0. The molecule has 4 nitrogen and oxygen atoms in total. The molecule has 3 aromatic carbocycles. The van der Waals surface area contributed by atoms with Crippen LogP contribution in [-0.2, 0) is 9.53 Å². The zero-order valence-electron chi connectivity index (χ0n) is 15.1. The van der Waals surface area contributed by atoms with Gasteiger partial charge in [-0.25, -0.2) is 4.79 Å². The van der Waals surface area contributed by atoms with Gasteiger partial charge in [-0.05, 0) is 30.2 Å². The summed E-state index contributed by atoms with van der Waals surface area (Å²) in [6.45, 7) is 1.43. The van der Waals surface area contributed by atoms with Gasteiger partial charge in [0.25, 0.3) is 0 Å². The summed E-state index contributed by atoms with van der Waals surface area (Å²) in [7, 11) is 0. The first-order chi connectivity index (χ1) is 13.1. The number of ether oxygens (including phenoxy) is 2. The molecule has 0 fully saturated rings. The van der Waals surface area contributed by atoms with Crippen molar-refractivity contribution >= 4 is 11.8 Å². The Morgan fingerprint density at radius 3 is 2.04 bits per heavy atom. The van der Waals surface area contributed by atoms with Gasteiger partial charge >= 0.3 is 5.97 Å². The van der Waals surface area contributed by atoms with Crippen LogP contribution in [0.4, 0.5) is 0 Å². The van der Waals surface area contributed by atoms with Crippen LogP contribution in [0, 0.1) is 6.92 Å². The molecule has 0 amide bonds. The molecule has 0 aliphatic rings. The first-order valence-corrected chi connectivity index (χ1v) is 8.65. The highest BCUT2D eigenvalue weighted by Crippen LogP contribution is 2.19. The van der Waals surface area contributed by atoms with Crippen molar-refractivity contribution in [1.29, 1.82) is 0 Å². The van der Waals surface area contributed by atoms with Crippen LogP contribution in [0.2, 0.25) is 0 Å². The van der Waals surface area contributed by atoms with Crippen molar-refractivity contribution < 1.29 is 19.1 Å². The molecule has 0 saturated carbocycles. The van der Waals surface area contributed by atoms with E-state index in [1.54, 1.807) is 24.3 Å². The van der Waals surface area contributed by atoms with Crippen molar-refractivity contribution in [3.63, 3.8) is 0 Å². The van der Waals surface area contributed by atoms with Crippen LogP contribution in [0.3, 0.4) is 0 Å². The molecule has 0 aliphatic carbocycles. The number of benzene rings is 3. The molecule has 27 heavy (non-hydrogen) atoms. The number of rotatable bonds is 7. The number of carbonyl (C=O) groups excluding carboxylic acids is 2. The largest absolute Gasteiger partial charge is 0.482 e. The monoisotopic (exact) mass is 360 g/mol. The molecule has 0 radical (unpaired) electrons. The minimum absolute atomic E-state index is 0.233. The minimum atomic E-state index is -0.579. The topological polar surface area (TPSA) is 52.6 Å². The van der Waals surface area contributed by atoms with E-state index in [9.17, 15) is 9.59 Å². The van der Waals surface area contributed by atoms with Crippen LogP contribution >= 0.6 is 0 Å². The number of ketones is 1. The maximum Gasteiger partial charge on any atom is 0.344 e. The Morgan fingerprint density at radius 2 is 1.37 bits per heavy atom. The van der Waals surface area contributed by atoms with Crippen LogP contribution in [0.5, 0.6) is 5.75 Å². The quantitative estimate of drug-likeness (QED) is 0.461. The smallest absolute Gasteiger partial charge is 0.344 e. The van der Waals surface area contributed by atoms with E-state index in [1.165, 1.54) is 0 Å². The second-order valence-electron chi connectivity index (χ2n) is 6.13. The molecule has 0 N–H and O–H groups in total. The zero-order chi connectivity index (χ0) is 19.1. The van der Waals surface area contributed by atoms with Gasteiger partial charge in [-0.2, -0.15) is 0 Å². The minimum Gasteiger partial charge on any atom is -0.482 e. The lowest BCUT2D eigenvalue weighted by Crippen LogP contribution is -2.19. The number of Topliss-reactive ketones (excluding diaryl/α,β-unsaturated/α-hetero) is 1. The summed E-state index contributed by atoms with van der Waals surface area (Å²) in [5, 5.41) is 0. The van der Waals surface area contributed by atoms with Crippen molar-refractivity contribution in [1.82, 2.24) is 0 Å². The Balaban J connectivity index is 1.48. The van der Waals surface area contributed by atoms with Crippen molar-refractivity contribution in [2.75, 3.05) is 13.2 Å². The van der Waals surface area contributed by atoms with E-state index in [-0.39, 0.29) is 19.0 Å². The van der Waals surface area contributed by atoms with Gasteiger partial charge in [0, 0.05) is 5.56 Å². The molecule has 0 spiro atoms. The highest BCUT2D eigenvalue weighted by atomic mass is 16.6. The number of hydrogen-bond acceptors (Lipinski definition) is 4. The molecule has 0 aromatic heterocycles. The predicted octanol–water partition coefficient (Wildman–Crippen LogP) is 4.47. The van der Waals surface area contributed by atoms with Gasteiger partial charge in [-0.15, -0.1) is 0 Å². The molecule has 0 atom stereocenters. The van der Waals surface area contributed by atoms with Crippen LogP contribution in [-0.4, -0.2) is 25.0 Å². The average Bonchev–Trinajstić information content (AvgIpc) is 2.72. The number of aryl methyl sites for hydroxylation is 1. The van der Waals surface area contributed by atoms with Crippen LogP contribution in [0.1, 0.15) is 15.9 Å². The fourth-order valence-corrected chi connectivity index (χ4v) is 2.53. The Kier molecular flexibility index (Phi) is 6.00. The van der Waals surface area contributed by atoms with Crippen molar-refractivity contribution in [2.45, 2.75) is 6.92 Å². The maximum absolute atomic E-state index is 12.2. The summed E-state index contributed by atoms with van der Waals surface area (Å²) in [6.07, 6.45) is 0. The van der Waals surface area contributed by atoms with Crippen molar-refractivity contribution in [2.24, 2.45) is 0 Å². The summed E-state index contributed by atoms with van der Waals surface area (Å²) in [4.78, 5) is 23.9. The summed E-state index contributed by atoms with van der Waals surface area (Å²) in [5.41, 5.74) is 3.71. The Hall–Kier alpha value is -3.40. The third-order valence-corrected chi connectivity index (χ3v) is 4.06. The third kappa shape index (κ3) is 5.28. The van der Waals surface area contributed by atoms with E-state index >= 15 is 0 Å². The molecular formula is C23H20O4. The van der Waals surface area contributed by atoms with E-state index in [0.29, 0.717) is 11.3 Å². The molecule has 0 heterocycles. The lowest BCUT2D eigenvalue weighted by atomic mass is 10.0. The van der Waals surface area contributed by atoms with Gasteiger partial charge in [0.05, 0.1) is 0 Å². The van der Waals surface area contributed by atoms with E-state index in [1.807, 2.05) is 61.5 Å². The summed E-state index contributed by atoms with van der Waals surface area (Å²) in [5.74, 6) is -0.247. The lowest BCUT2D eigenvalue weighted by molar-refractivity contribution is -0.144. The predicted molar refractivity (Wildman–Crippen MR) is 104 cm³/mol. The molecule has 3 aromatic rings. The first-order valence-electron chi connectivity index (χ1n) is 8.65. The Morgan fingerprint density at radius 1 is 0.741 bits per heavy atom. The van der Waals surface area contributed by atoms with Gasteiger partial charge in [0.1, 0.15) is 5.75 Å². The van der Waals surface area contributed by atoms with Crippen molar-refractivity contribution in [3.8, 4) is 16.9 Å². The molecule has 3 rings (SSSR count). The van der Waals surface area contributed by atoms with E-state index in [2.05, 4.69) is 0 Å². The second-order valence-corrected chi connectivity index (χ2v) is 6.13. The Labute approximate surface area is 158 Å². The van der Waals surface area contributed by atoms with Crippen LogP contribution in [0.25, 0.3) is 11.1 Å². The average molecular weight is 360 g/mol. The van der Waals surface area contributed by atoms with E-state index in [4.69, 9.17) is 9.47 Å². The van der Waals surface area contributed by atoms with Crippen LogP contribution < -0.4 is 4.74 Å². The lowest BCUT2D eigenvalue weighted by Gasteiger charge is -2.07. The number of hydrogen-bond donors (Lipinski definition) is 0. The van der Waals surface area contributed by atoms with Gasteiger partial charge in [-0.1, -0.05) is 72.3 Å². The third-order valence-electron chi connectivity index (χ3n) is 4.06. The van der Waals surface area contributed by atoms with Gasteiger partial charge in [-0.3, -0.25) is 4.79 Å². The molecule has 0 saturated heterocycles. The van der Waals surface area contributed by atoms with Gasteiger partial charge < -0.3 is 9.47 Å². The van der Waals surface area contributed by atoms with Gasteiger partial charge in [0.15, 0.2) is 19.0 Å². The standard InChI is InChI=1S/C23H20O4/c1-17-7-13-21(14-8-17)26-16-23(25)27-15-22(24)20-11-9-19(10-12-20)18-5-3-2-4-6-18/h2-14H,15-16H2,1H3. The van der Waals surface area contributed by atoms with E-state index < -0.39 is 5.97 Å². The van der Waals surface area contributed by atoms with Gasteiger partial charge in [0.2, 0.25) is 0 Å². The van der Waals surface area contributed by atoms with Crippen LogP contribution in [0.15, 0.2) is 78.9 Å². The highest BCUT2D eigenvalue weighted by molar-refractivity contribution is 5.98. The van der Waals surface area contributed by atoms with E-state index in [0.717, 1.165) is 16.7 Å². The summed E-state index contributed by atoms with van der Waals surface area (Å²) < 4.78 is 10.3. The molecular weight excluding hydrogens is 340 g/mol.